The predicted molar refractivity (Wildman–Crippen MR) is 100 cm³/mol. The van der Waals surface area contributed by atoms with E-state index in [-0.39, 0.29) is 0 Å². The van der Waals surface area contributed by atoms with Crippen LogP contribution in [0.15, 0.2) is 67.3 Å². The normalized spacial score (nSPS) is 14.8. The molecule has 124 valence electrons. The molecule has 0 bridgehead atoms. The molecule has 6 rings (SSSR count). The third-order valence-corrected chi connectivity index (χ3v) is 5.16. The molecule has 0 amide bonds. The highest BCUT2D eigenvalue weighted by molar-refractivity contribution is 6.05. The molecule has 26 heavy (non-hydrogen) atoms. The summed E-state index contributed by atoms with van der Waals surface area (Å²) in [5.74, 6) is 0.668. The average molecular weight is 341 g/mol. The van der Waals surface area contributed by atoms with Gasteiger partial charge in [0.15, 0.2) is 5.52 Å². The number of para-hydroxylation sites is 1. The lowest BCUT2D eigenvalue weighted by Crippen LogP contribution is -2.33. The molecule has 1 aliphatic heterocycles. The monoisotopic (exact) mass is 341 g/mol. The van der Waals surface area contributed by atoms with Crippen molar-refractivity contribution in [3.63, 3.8) is 0 Å². The molecule has 1 aromatic carbocycles. The van der Waals surface area contributed by atoms with Gasteiger partial charge in [-0.3, -0.25) is 14.5 Å². The first kappa shape index (κ1) is 11.2. The molecule has 5 heteroatoms. The number of aryl methyl sites for hydroxylation is 1. The minimum absolute atomic E-state index is 0.601. The van der Waals surface area contributed by atoms with Crippen LogP contribution in [0.5, 0.6) is 0 Å². The molecule has 4 aromatic heterocycles. The molecule has 0 spiro atoms. The van der Waals surface area contributed by atoms with Crippen LogP contribution in [0.3, 0.4) is 0 Å². The Morgan fingerprint density at radius 2 is 1.88 bits per heavy atom. The number of aromatic nitrogens is 5. The first-order valence-electron chi connectivity index (χ1n) is 9.97. The number of hydrogen-bond donors (Lipinski definition) is 0. The van der Waals surface area contributed by atoms with Crippen LogP contribution in [0.1, 0.15) is 9.68 Å². The maximum absolute atomic E-state index is 8.31. The van der Waals surface area contributed by atoms with Crippen LogP contribution >= 0.6 is 0 Å². The lowest BCUT2D eigenvalue weighted by atomic mass is 10.2. The van der Waals surface area contributed by atoms with Gasteiger partial charge in [-0.1, -0.05) is 18.2 Å². The maximum Gasteiger partial charge on any atom is 0.275 e. The standard InChI is InChI=1S/C21H16N5/c1-24-19-16-8-10-23-12-18(16)26(15-5-3-2-4-6-15)21(19)25-13-14-7-9-22-11-17(14)20(24)25/h2-12H,13H2,1H3/q+1/i1D3. The summed E-state index contributed by atoms with van der Waals surface area (Å²) < 4.78 is 30.6. The first-order valence-corrected chi connectivity index (χ1v) is 8.47. The summed E-state index contributed by atoms with van der Waals surface area (Å²) in [6.45, 7) is -1.74. The molecule has 0 atom stereocenters. The van der Waals surface area contributed by atoms with E-state index in [9.17, 15) is 0 Å². The molecule has 0 aliphatic carbocycles. The number of rotatable bonds is 1. The number of hydrogen-bond acceptors (Lipinski definition) is 2. The summed E-state index contributed by atoms with van der Waals surface area (Å²) in [6.07, 6.45) is 7.01. The Balaban J connectivity index is 1.87. The zero-order chi connectivity index (χ0) is 19.8. The zero-order valence-electron chi connectivity index (χ0n) is 16.8. The average Bonchev–Trinajstić information content (AvgIpc) is 3.34. The van der Waals surface area contributed by atoms with Crippen LogP contribution in [0, 0.1) is 0 Å². The molecule has 0 fully saturated rings. The topological polar surface area (TPSA) is 39.5 Å². The quantitative estimate of drug-likeness (QED) is 0.431. The summed E-state index contributed by atoms with van der Waals surface area (Å²) in [6, 6.07) is 13.8. The van der Waals surface area contributed by atoms with E-state index in [1.807, 2.05) is 42.5 Å². The second-order valence-electron chi connectivity index (χ2n) is 6.51. The second-order valence-corrected chi connectivity index (χ2v) is 6.51. The highest BCUT2D eigenvalue weighted by Crippen LogP contribution is 2.36. The van der Waals surface area contributed by atoms with Gasteiger partial charge in [0.25, 0.3) is 5.65 Å². The van der Waals surface area contributed by atoms with Crippen molar-refractivity contribution >= 4 is 22.1 Å². The van der Waals surface area contributed by atoms with E-state index in [1.54, 1.807) is 24.8 Å². The van der Waals surface area contributed by atoms with Crippen LogP contribution in [-0.2, 0) is 13.5 Å². The molecule has 0 radical (unpaired) electrons. The number of imidazole rings is 1. The first-order chi connectivity index (χ1) is 14.1. The third kappa shape index (κ3) is 1.57. The van der Waals surface area contributed by atoms with Crippen LogP contribution in [0.2, 0.25) is 0 Å². The molecule has 0 N–H and O–H groups in total. The highest BCUT2D eigenvalue weighted by atomic mass is 15.2. The Kier molecular flexibility index (Phi) is 2.06. The van der Waals surface area contributed by atoms with Gasteiger partial charge in [-0.15, -0.1) is 0 Å². The molecule has 5 heterocycles. The van der Waals surface area contributed by atoms with Crippen molar-refractivity contribution in [3.05, 3.63) is 72.8 Å². The van der Waals surface area contributed by atoms with Crippen molar-refractivity contribution in [1.29, 1.82) is 0 Å². The summed E-state index contributed by atoms with van der Waals surface area (Å²) in [7, 11) is 0. The number of nitrogens with zero attached hydrogens (tertiary/aromatic N) is 5. The van der Waals surface area contributed by atoms with Gasteiger partial charge in [0.1, 0.15) is 11.2 Å². The largest absolute Gasteiger partial charge is 0.275 e. The van der Waals surface area contributed by atoms with E-state index in [4.69, 9.17) is 4.11 Å². The van der Waals surface area contributed by atoms with Crippen LogP contribution < -0.4 is 4.57 Å². The van der Waals surface area contributed by atoms with Crippen molar-refractivity contribution in [2.24, 2.45) is 6.98 Å². The fourth-order valence-electron chi connectivity index (χ4n) is 4.09. The van der Waals surface area contributed by atoms with Gasteiger partial charge in [0, 0.05) is 24.2 Å². The smallest absolute Gasteiger partial charge is 0.264 e. The van der Waals surface area contributed by atoms with Crippen LogP contribution in [-0.4, -0.2) is 19.1 Å². The minimum atomic E-state index is -2.34. The maximum atomic E-state index is 8.31. The van der Waals surface area contributed by atoms with Crippen LogP contribution in [0.4, 0.5) is 0 Å². The molecule has 0 saturated heterocycles. The van der Waals surface area contributed by atoms with Gasteiger partial charge in [-0.2, -0.15) is 0 Å². The fraction of sp³-hybridized carbons (Fsp3) is 0.0952. The Hall–Kier alpha value is -3.47. The predicted octanol–water partition coefficient (Wildman–Crippen LogP) is 3.23. The second kappa shape index (κ2) is 4.79. The van der Waals surface area contributed by atoms with E-state index in [0.29, 0.717) is 17.9 Å². The van der Waals surface area contributed by atoms with E-state index in [2.05, 4.69) is 19.1 Å². The van der Waals surface area contributed by atoms with Crippen molar-refractivity contribution in [2.45, 2.75) is 6.54 Å². The molecular formula is C21H16N5+. The highest BCUT2D eigenvalue weighted by Gasteiger charge is 2.35. The molecule has 5 aromatic rings. The summed E-state index contributed by atoms with van der Waals surface area (Å²) in [4.78, 5) is 8.56. The molecule has 0 unspecified atom stereocenters. The van der Waals surface area contributed by atoms with Crippen molar-refractivity contribution in [3.8, 4) is 17.1 Å². The van der Waals surface area contributed by atoms with E-state index >= 15 is 0 Å². The Bertz CT molecular complexity index is 1410. The molecular weight excluding hydrogens is 322 g/mol. The van der Waals surface area contributed by atoms with Gasteiger partial charge in [-0.25, -0.2) is 9.13 Å². The summed E-state index contributed by atoms with van der Waals surface area (Å²) in [5.41, 5.74) is 5.32. The lowest BCUT2D eigenvalue weighted by molar-refractivity contribution is -0.648. The Morgan fingerprint density at radius 1 is 1.04 bits per heavy atom. The van der Waals surface area contributed by atoms with Gasteiger partial charge in [0.05, 0.1) is 34.8 Å². The van der Waals surface area contributed by atoms with Gasteiger partial charge < -0.3 is 0 Å². The van der Waals surface area contributed by atoms with Gasteiger partial charge in [-0.05, 0) is 24.3 Å². The SMILES string of the molecule is [2H]C([2H])([2H])n1c2[n+](c3c1c1ccncc1n3-c1ccccc1)Cc1ccncc1-2. The van der Waals surface area contributed by atoms with Crippen molar-refractivity contribution < 1.29 is 8.68 Å². The van der Waals surface area contributed by atoms with Gasteiger partial charge in [0.2, 0.25) is 5.82 Å². The molecule has 1 aliphatic rings. The fourth-order valence-corrected chi connectivity index (χ4v) is 4.09. The van der Waals surface area contributed by atoms with Crippen LogP contribution in [0.25, 0.3) is 39.1 Å². The Morgan fingerprint density at radius 3 is 2.77 bits per heavy atom. The number of fused-ring (bicyclic) bond motifs is 7. The molecule has 0 saturated carbocycles. The van der Waals surface area contributed by atoms with E-state index in [1.165, 1.54) is 4.57 Å². The van der Waals surface area contributed by atoms with E-state index < -0.39 is 6.98 Å². The molecule has 5 nitrogen and oxygen atoms in total. The minimum Gasteiger partial charge on any atom is -0.264 e. The summed E-state index contributed by atoms with van der Waals surface area (Å²) >= 11 is 0. The Labute approximate surface area is 154 Å². The number of benzene rings is 1. The van der Waals surface area contributed by atoms with Gasteiger partial charge >= 0.3 is 0 Å². The number of pyridine rings is 2. The summed E-state index contributed by atoms with van der Waals surface area (Å²) in [5, 5.41) is 0.863. The third-order valence-electron chi connectivity index (χ3n) is 5.16. The van der Waals surface area contributed by atoms with Crippen molar-refractivity contribution in [1.82, 2.24) is 19.1 Å². The lowest BCUT2D eigenvalue weighted by Gasteiger charge is -2.02. The van der Waals surface area contributed by atoms with Crippen molar-refractivity contribution in [2.75, 3.05) is 0 Å². The zero-order valence-corrected chi connectivity index (χ0v) is 13.8. The van der Waals surface area contributed by atoms with E-state index in [0.717, 1.165) is 33.4 Å².